The maximum atomic E-state index is 12.6. The van der Waals surface area contributed by atoms with E-state index in [1.807, 2.05) is 6.07 Å². The van der Waals surface area contributed by atoms with Crippen molar-refractivity contribution >= 4 is 29.1 Å². The normalized spacial score (nSPS) is 13.0. The van der Waals surface area contributed by atoms with Gasteiger partial charge in [0, 0.05) is 11.3 Å². The van der Waals surface area contributed by atoms with E-state index < -0.39 is 35.7 Å². The number of benzene rings is 2. The number of hydrogen-bond donors (Lipinski definition) is 4. The summed E-state index contributed by atoms with van der Waals surface area (Å²) in [6.45, 7) is 2.96. The van der Waals surface area contributed by atoms with Gasteiger partial charge in [0.25, 0.3) is 11.8 Å². The van der Waals surface area contributed by atoms with Crippen molar-refractivity contribution in [3.05, 3.63) is 63.7 Å². The van der Waals surface area contributed by atoms with Crippen LogP contribution in [0.1, 0.15) is 34.0 Å². The molecule has 4 N–H and O–H groups in total. The van der Waals surface area contributed by atoms with Gasteiger partial charge in [0.2, 0.25) is 0 Å². The SMILES string of the molecule is Cc1c(NC(C(=O)NNC(=O)c2ccc(C(F)(F)F)cc2)C(C)O)ccc(C#N)c1Cl. The lowest BCUT2D eigenvalue weighted by atomic mass is 10.1. The number of nitrogens with one attached hydrogen (secondary N) is 3. The summed E-state index contributed by atoms with van der Waals surface area (Å²) in [5, 5.41) is 22.0. The summed E-state index contributed by atoms with van der Waals surface area (Å²) in [7, 11) is 0. The lowest BCUT2D eigenvalue weighted by Gasteiger charge is -2.23. The Morgan fingerprint density at radius 3 is 2.26 bits per heavy atom. The molecule has 7 nitrogen and oxygen atoms in total. The van der Waals surface area contributed by atoms with Gasteiger partial charge in [-0.2, -0.15) is 18.4 Å². The van der Waals surface area contributed by atoms with Gasteiger partial charge in [0.1, 0.15) is 12.1 Å². The van der Waals surface area contributed by atoms with Crippen LogP contribution in [-0.4, -0.2) is 29.1 Å². The van der Waals surface area contributed by atoms with Crippen LogP contribution in [0.25, 0.3) is 0 Å². The van der Waals surface area contributed by atoms with Crippen molar-refractivity contribution in [2.45, 2.75) is 32.2 Å². The smallest absolute Gasteiger partial charge is 0.391 e. The molecule has 0 aliphatic heterocycles. The van der Waals surface area contributed by atoms with E-state index >= 15 is 0 Å². The fraction of sp³-hybridized carbons (Fsp3) is 0.250. The van der Waals surface area contributed by atoms with Crippen LogP contribution in [0, 0.1) is 18.3 Å². The molecule has 0 aromatic heterocycles. The lowest BCUT2D eigenvalue weighted by Crippen LogP contribution is -2.52. The van der Waals surface area contributed by atoms with Crippen LogP contribution in [-0.2, 0) is 11.0 Å². The van der Waals surface area contributed by atoms with E-state index in [2.05, 4.69) is 16.2 Å². The van der Waals surface area contributed by atoms with Gasteiger partial charge in [-0.3, -0.25) is 20.4 Å². The molecule has 164 valence electrons. The Balaban J connectivity index is 2.07. The van der Waals surface area contributed by atoms with Gasteiger partial charge in [0.05, 0.1) is 22.3 Å². The lowest BCUT2D eigenvalue weighted by molar-refractivity contribution is -0.137. The first-order valence-corrected chi connectivity index (χ1v) is 9.24. The molecule has 0 saturated carbocycles. The highest BCUT2D eigenvalue weighted by Gasteiger charge is 2.30. The van der Waals surface area contributed by atoms with Crippen LogP contribution in [0.2, 0.25) is 5.02 Å². The number of rotatable bonds is 5. The van der Waals surface area contributed by atoms with E-state index in [1.165, 1.54) is 19.1 Å². The number of carbonyl (C=O) groups excluding carboxylic acids is 2. The number of nitrogens with zero attached hydrogens (tertiary/aromatic N) is 1. The van der Waals surface area contributed by atoms with Gasteiger partial charge in [0.15, 0.2) is 0 Å². The summed E-state index contributed by atoms with van der Waals surface area (Å²) in [6.07, 6.45) is -5.73. The Hall–Kier alpha value is -3.29. The second-order valence-electron chi connectivity index (χ2n) is 6.59. The standard InChI is InChI=1S/C20H18ClF3N4O3/c1-10-15(8-5-13(9-25)16(10)21)26-17(11(2)29)19(31)28-27-18(30)12-3-6-14(7-4-12)20(22,23)24/h3-8,11,17,26,29H,1-2H3,(H,27,30)(H,28,31). The van der Waals surface area contributed by atoms with E-state index in [9.17, 15) is 27.9 Å². The molecular weight excluding hydrogens is 437 g/mol. The molecule has 2 unspecified atom stereocenters. The zero-order valence-electron chi connectivity index (χ0n) is 16.3. The third-order valence-corrected chi connectivity index (χ3v) is 4.84. The molecule has 0 heterocycles. The molecule has 0 aliphatic rings. The Labute approximate surface area is 180 Å². The quantitative estimate of drug-likeness (QED) is 0.518. The number of aliphatic hydroxyl groups excluding tert-OH is 1. The Morgan fingerprint density at radius 1 is 1.13 bits per heavy atom. The molecule has 0 spiro atoms. The minimum atomic E-state index is -4.54. The molecule has 0 fully saturated rings. The Bertz CT molecular complexity index is 1020. The van der Waals surface area contributed by atoms with Crippen LogP contribution >= 0.6 is 11.6 Å². The minimum absolute atomic E-state index is 0.107. The second-order valence-corrected chi connectivity index (χ2v) is 6.97. The van der Waals surface area contributed by atoms with Crippen molar-refractivity contribution in [3.63, 3.8) is 0 Å². The van der Waals surface area contributed by atoms with Crippen molar-refractivity contribution in [2.75, 3.05) is 5.32 Å². The first kappa shape index (κ1) is 24.0. The van der Waals surface area contributed by atoms with Gasteiger partial charge in [-0.1, -0.05) is 11.6 Å². The van der Waals surface area contributed by atoms with E-state index in [-0.39, 0.29) is 16.1 Å². The molecule has 2 amide bonds. The van der Waals surface area contributed by atoms with E-state index in [4.69, 9.17) is 16.9 Å². The number of hydrogen-bond acceptors (Lipinski definition) is 5. The first-order chi connectivity index (χ1) is 14.5. The number of amides is 2. The van der Waals surface area contributed by atoms with Gasteiger partial charge in [-0.05, 0) is 55.8 Å². The molecule has 11 heteroatoms. The zero-order valence-corrected chi connectivity index (χ0v) is 17.1. The van der Waals surface area contributed by atoms with Gasteiger partial charge in [-0.25, -0.2) is 0 Å². The van der Waals surface area contributed by atoms with Gasteiger partial charge < -0.3 is 10.4 Å². The maximum absolute atomic E-state index is 12.6. The van der Waals surface area contributed by atoms with Crippen molar-refractivity contribution in [1.29, 1.82) is 5.26 Å². The van der Waals surface area contributed by atoms with Gasteiger partial charge >= 0.3 is 6.18 Å². The molecule has 2 aromatic rings. The Kier molecular flexibility index (Phi) is 7.49. The fourth-order valence-electron chi connectivity index (χ4n) is 2.58. The van der Waals surface area contributed by atoms with E-state index in [0.29, 0.717) is 11.3 Å². The number of alkyl halides is 3. The highest BCUT2D eigenvalue weighted by molar-refractivity contribution is 6.32. The van der Waals surface area contributed by atoms with E-state index in [0.717, 1.165) is 24.3 Å². The number of anilines is 1. The maximum Gasteiger partial charge on any atom is 0.416 e. The molecule has 2 rings (SSSR count). The van der Waals surface area contributed by atoms with E-state index in [1.54, 1.807) is 6.92 Å². The monoisotopic (exact) mass is 454 g/mol. The van der Waals surface area contributed by atoms with Crippen molar-refractivity contribution < 1.29 is 27.9 Å². The molecule has 31 heavy (non-hydrogen) atoms. The summed E-state index contributed by atoms with van der Waals surface area (Å²) in [4.78, 5) is 24.5. The number of halogens is 4. The molecule has 0 radical (unpaired) electrons. The van der Waals surface area contributed by atoms with Crippen molar-refractivity contribution in [3.8, 4) is 6.07 Å². The molecule has 0 saturated heterocycles. The van der Waals surface area contributed by atoms with Crippen LogP contribution < -0.4 is 16.2 Å². The number of hydrazine groups is 1. The molecular formula is C20H18ClF3N4O3. The Morgan fingerprint density at radius 2 is 1.74 bits per heavy atom. The predicted octanol–water partition coefficient (Wildman–Crippen LogP) is 3.16. The summed E-state index contributed by atoms with van der Waals surface area (Å²) in [5.74, 6) is -1.65. The topological polar surface area (TPSA) is 114 Å². The van der Waals surface area contributed by atoms with Crippen molar-refractivity contribution in [2.24, 2.45) is 0 Å². The molecule has 0 aliphatic carbocycles. The third-order valence-electron chi connectivity index (χ3n) is 4.36. The third kappa shape index (κ3) is 5.87. The summed E-state index contributed by atoms with van der Waals surface area (Å²) in [5.41, 5.74) is 4.29. The average molecular weight is 455 g/mol. The van der Waals surface area contributed by atoms with Gasteiger partial charge in [-0.15, -0.1) is 0 Å². The average Bonchev–Trinajstić information content (AvgIpc) is 2.72. The second kappa shape index (κ2) is 9.68. The number of nitriles is 1. The minimum Gasteiger partial charge on any atom is -0.391 e. The number of carbonyl (C=O) groups is 2. The molecule has 2 atom stereocenters. The zero-order chi connectivity index (χ0) is 23.3. The fourth-order valence-corrected chi connectivity index (χ4v) is 2.79. The largest absolute Gasteiger partial charge is 0.416 e. The molecule has 2 aromatic carbocycles. The summed E-state index contributed by atoms with van der Waals surface area (Å²) >= 11 is 6.10. The van der Waals surface area contributed by atoms with Crippen LogP contribution in [0.3, 0.4) is 0 Å². The summed E-state index contributed by atoms with van der Waals surface area (Å²) in [6, 6.07) is 7.10. The van der Waals surface area contributed by atoms with Crippen molar-refractivity contribution in [1.82, 2.24) is 10.9 Å². The highest BCUT2D eigenvalue weighted by atomic mass is 35.5. The van der Waals surface area contributed by atoms with Crippen LogP contribution in [0.15, 0.2) is 36.4 Å². The van der Waals surface area contributed by atoms with Crippen LogP contribution in [0.4, 0.5) is 18.9 Å². The summed E-state index contributed by atoms with van der Waals surface area (Å²) < 4.78 is 37.8. The molecule has 0 bridgehead atoms. The van der Waals surface area contributed by atoms with Crippen LogP contribution in [0.5, 0.6) is 0 Å². The first-order valence-electron chi connectivity index (χ1n) is 8.87. The highest BCUT2D eigenvalue weighted by Crippen LogP contribution is 2.29. The predicted molar refractivity (Wildman–Crippen MR) is 107 cm³/mol. The number of aliphatic hydroxyl groups is 1.